The van der Waals surface area contributed by atoms with Crippen LogP contribution in [0, 0.1) is 24.2 Å². The van der Waals surface area contributed by atoms with Crippen LogP contribution in [0.5, 0.6) is 0 Å². The lowest BCUT2D eigenvalue weighted by Crippen LogP contribution is -2.39. The summed E-state index contributed by atoms with van der Waals surface area (Å²) in [6, 6.07) is 10.3. The second kappa shape index (κ2) is 8.43. The first-order chi connectivity index (χ1) is 9.97. The van der Waals surface area contributed by atoms with Crippen LogP contribution in [0.1, 0.15) is 25.0 Å². The van der Waals surface area contributed by atoms with Crippen LogP contribution in [0.4, 0.5) is 0 Å². The number of hydrogen-bond donors (Lipinski definition) is 0. The van der Waals surface area contributed by atoms with Gasteiger partial charge < -0.3 is 4.90 Å². The van der Waals surface area contributed by atoms with E-state index in [2.05, 4.69) is 25.1 Å². The molecule has 0 spiro atoms. The van der Waals surface area contributed by atoms with Crippen LogP contribution in [-0.4, -0.2) is 42.4 Å². The van der Waals surface area contributed by atoms with Crippen LogP contribution in [0.25, 0.3) is 0 Å². The van der Waals surface area contributed by atoms with Crippen LogP contribution in [0.2, 0.25) is 0 Å². The molecule has 0 saturated carbocycles. The van der Waals surface area contributed by atoms with Crippen molar-refractivity contribution in [2.24, 2.45) is 5.92 Å². The third-order valence-electron chi connectivity index (χ3n) is 3.65. The Morgan fingerprint density at radius 2 is 2.05 bits per heavy atom. The summed E-state index contributed by atoms with van der Waals surface area (Å²) < 4.78 is 0. The number of nitrogens with zero attached hydrogens (tertiary/aromatic N) is 3. The lowest BCUT2D eigenvalue weighted by Gasteiger charge is -2.25. The molecule has 4 nitrogen and oxygen atoms in total. The Hall–Kier alpha value is -1.86. The molecule has 0 heterocycles. The van der Waals surface area contributed by atoms with Crippen molar-refractivity contribution in [1.82, 2.24) is 9.80 Å². The van der Waals surface area contributed by atoms with Gasteiger partial charge in [-0.2, -0.15) is 5.26 Å². The number of benzene rings is 1. The summed E-state index contributed by atoms with van der Waals surface area (Å²) in [7, 11) is 1.83. The standard InChI is InChI=1S/C17H25N3O/c1-5-20(11-14(2)10-18)13-17(21)19(4)12-16-9-7-6-8-15(16)3/h6-9,14H,5,11-13H2,1-4H3. The predicted molar refractivity (Wildman–Crippen MR) is 84.5 cm³/mol. The van der Waals surface area contributed by atoms with Gasteiger partial charge in [-0.1, -0.05) is 31.2 Å². The van der Waals surface area contributed by atoms with E-state index in [1.807, 2.05) is 37.9 Å². The third-order valence-corrected chi connectivity index (χ3v) is 3.65. The van der Waals surface area contributed by atoms with Crippen LogP contribution in [-0.2, 0) is 11.3 Å². The number of rotatable bonds is 7. The lowest BCUT2D eigenvalue weighted by molar-refractivity contribution is -0.131. The SMILES string of the molecule is CCN(CC(=O)N(C)Cc1ccccc1C)CC(C)C#N. The molecule has 0 N–H and O–H groups in total. The molecule has 1 rings (SSSR count). The Labute approximate surface area is 128 Å². The van der Waals surface area contributed by atoms with Crippen molar-refractivity contribution >= 4 is 5.91 Å². The zero-order valence-corrected chi connectivity index (χ0v) is 13.5. The summed E-state index contributed by atoms with van der Waals surface area (Å²) in [5, 5.41) is 8.88. The van der Waals surface area contributed by atoms with Gasteiger partial charge in [0.1, 0.15) is 0 Å². The monoisotopic (exact) mass is 287 g/mol. The van der Waals surface area contributed by atoms with E-state index in [-0.39, 0.29) is 11.8 Å². The summed E-state index contributed by atoms with van der Waals surface area (Å²) in [5.74, 6) is 0.0321. The third kappa shape index (κ3) is 5.57. The molecule has 1 atom stereocenters. The van der Waals surface area contributed by atoms with E-state index >= 15 is 0 Å². The quantitative estimate of drug-likeness (QED) is 0.774. The molecule has 21 heavy (non-hydrogen) atoms. The maximum atomic E-state index is 12.3. The first-order valence-electron chi connectivity index (χ1n) is 7.38. The highest BCUT2D eigenvalue weighted by atomic mass is 16.2. The number of amides is 1. The molecule has 0 bridgehead atoms. The van der Waals surface area contributed by atoms with E-state index in [1.54, 1.807) is 4.90 Å². The van der Waals surface area contributed by atoms with Crippen LogP contribution in [0.3, 0.4) is 0 Å². The maximum absolute atomic E-state index is 12.3. The number of carbonyl (C=O) groups excluding carboxylic acids is 1. The minimum Gasteiger partial charge on any atom is -0.340 e. The van der Waals surface area contributed by atoms with Gasteiger partial charge in [-0.25, -0.2) is 0 Å². The predicted octanol–water partition coefficient (Wildman–Crippen LogP) is 2.44. The fraction of sp³-hybridized carbons (Fsp3) is 0.529. The van der Waals surface area contributed by atoms with Crippen molar-refractivity contribution in [3.63, 3.8) is 0 Å². The second-order valence-corrected chi connectivity index (χ2v) is 5.53. The highest BCUT2D eigenvalue weighted by molar-refractivity contribution is 5.78. The van der Waals surface area contributed by atoms with Gasteiger partial charge in [0.2, 0.25) is 5.91 Å². The van der Waals surface area contributed by atoms with Gasteiger partial charge in [0.15, 0.2) is 0 Å². The average molecular weight is 287 g/mol. The molecule has 1 unspecified atom stereocenters. The molecule has 4 heteroatoms. The minimum atomic E-state index is -0.0561. The molecule has 114 valence electrons. The van der Waals surface area contributed by atoms with E-state index in [4.69, 9.17) is 5.26 Å². The van der Waals surface area contributed by atoms with Gasteiger partial charge in [0, 0.05) is 20.1 Å². The largest absolute Gasteiger partial charge is 0.340 e. The van der Waals surface area contributed by atoms with Crippen LogP contribution in [0.15, 0.2) is 24.3 Å². The highest BCUT2D eigenvalue weighted by Gasteiger charge is 2.16. The van der Waals surface area contributed by atoms with Gasteiger partial charge in [-0.3, -0.25) is 9.69 Å². The summed E-state index contributed by atoms with van der Waals surface area (Å²) in [5.41, 5.74) is 2.37. The molecule has 0 aliphatic rings. The van der Waals surface area contributed by atoms with Crippen molar-refractivity contribution < 1.29 is 4.79 Å². The summed E-state index contributed by atoms with van der Waals surface area (Å²) >= 11 is 0. The van der Waals surface area contributed by atoms with E-state index in [9.17, 15) is 4.79 Å². The molecule has 0 aromatic heterocycles. The van der Waals surface area contributed by atoms with Crippen molar-refractivity contribution in [3.05, 3.63) is 35.4 Å². The van der Waals surface area contributed by atoms with E-state index in [0.29, 0.717) is 19.6 Å². The second-order valence-electron chi connectivity index (χ2n) is 5.53. The number of hydrogen-bond acceptors (Lipinski definition) is 3. The summed E-state index contributed by atoms with van der Waals surface area (Å²) in [6.45, 7) is 8.35. The first-order valence-corrected chi connectivity index (χ1v) is 7.38. The normalized spacial score (nSPS) is 12.0. The zero-order chi connectivity index (χ0) is 15.8. The van der Waals surface area contributed by atoms with Crippen molar-refractivity contribution in [3.8, 4) is 6.07 Å². The summed E-state index contributed by atoms with van der Waals surface area (Å²) in [6.07, 6.45) is 0. The Morgan fingerprint density at radius 1 is 1.38 bits per heavy atom. The van der Waals surface area contributed by atoms with Gasteiger partial charge in [0.05, 0.1) is 18.5 Å². The molecule has 1 amide bonds. The Kier molecular flexibility index (Phi) is 6.90. The van der Waals surface area contributed by atoms with Gasteiger partial charge in [-0.05, 0) is 31.5 Å². The lowest BCUT2D eigenvalue weighted by atomic mass is 10.1. The molecule has 0 saturated heterocycles. The topological polar surface area (TPSA) is 47.3 Å². The van der Waals surface area contributed by atoms with E-state index < -0.39 is 0 Å². The molecule has 0 aliphatic carbocycles. The fourth-order valence-electron chi connectivity index (χ4n) is 2.18. The first kappa shape index (κ1) is 17.2. The highest BCUT2D eigenvalue weighted by Crippen LogP contribution is 2.10. The number of aryl methyl sites for hydroxylation is 1. The summed E-state index contributed by atoms with van der Waals surface area (Å²) in [4.78, 5) is 16.1. The smallest absolute Gasteiger partial charge is 0.236 e. The Bertz CT molecular complexity index is 507. The van der Waals surface area contributed by atoms with Crippen molar-refractivity contribution in [2.45, 2.75) is 27.3 Å². The van der Waals surface area contributed by atoms with Gasteiger partial charge in [-0.15, -0.1) is 0 Å². The Morgan fingerprint density at radius 3 is 2.62 bits per heavy atom. The minimum absolute atomic E-state index is 0.0561. The molecular formula is C17H25N3O. The number of carbonyl (C=O) groups is 1. The molecule has 1 aromatic carbocycles. The van der Waals surface area contributed by atoms with Crippen molar-refractivity contribution in [2.75, 3.05) is 26.7 Å². The maximum Gasteiger partial charge on any atom is 0.236 e. The molecule has 0 radical (unpaired) electrons. The average Bonchev–Trinajstić information content (AvgIpc) is 2.48. The number of nitriles is 1. The molecule has 0 fully saturated rings. The van der Waals surface area contributed by atoms with Crippen LogP contribution < -0.4 is 0 Å². The number of likely N-dealkylation sites (N-methyl/N-ethyl adjacent to an activating group) is 2. The van der Waals surface area contributed by atoms with Gasteiger partial charge in [0.25, 0.3) is 0 Å². The molecular weight excluding hydrogens is 262 g/mol. The fourth-order valence-corrected chi connectivity index (χ4v) is 2.18. The van der Waals surface area contributed by atoms with E-state index in [1.165, 1.54) is 11.1 Å². The zero-order valence-electron chi connectivity index (χ0n) is 13.5. The molecule has 0 aliphatic heterocycles. The van der Waals surface area contributed by atoms with Crippen molar-refractivity contribution in [1.29, 1.82) is 5.26 Å². The van der Waals surface area contributed by atoms with E-state index in [0.717, 1.165) is 6.54 Å². The Balaban J connectivity index is 2.58. The molecule has 1 aromatic rings. The van der Waals surface area contributed by atoms with Crippen LogP contribution >= 0.6 is 0 Å². The van der Waals surface area contributed by atoms with Gasteiger partial charge >= 0.3 is 0 Å².